The van der Waals surface area contributed by atoms with E-state index in [2.05, 4.69) is 22.5 Å². The zero-order chi connectivity index (χ0) is 20.6. The van der Waals surface area contributed by atoms with Gasteiger partial charge in [0.1, 0.15) is 0 Å². The molecule has 1 aromatic carbocycles. The number of piperazine rings is 1. The monoisotopic (exact) mass is 411 g/mol. The van der Waals surface area contributed by atoms with Crippen LogP contribution in [0.1, 0.15) is 19.8 Å². The zero-order valence-electron chi connectivity index (χ0n) is 16.2. The van der Waals surface area contributed by atoms with Crippen LogP contribution in [-0.2, 0) is 19.6 Å². The van der Waals surface area contributed by atoms with Crippen molar-refractivity contribution in [2.75, 3.05) is 51.1 Å². The maximum Gasteiger partial charge on any atom is 0.238 e. The van der Waals surface area contributed by atoms with Gasteiger partial charge in [-0.05, 0) is 30.7 Å². The summed E-state index contributed by atoms with van der Waals surface area (Å²) in [5.74, 6) is -0.128. The number of hydrogen-bond donors (Lipinski definition) is 3. The molecule has 156 valence electrons. The van der Waals surface area contributed by atoms with Crippen LogP contribution >= 0.6 is 0 Å². The smallest absolute Gasteiger partial charge is 0.238 e. The van der Waals surface area contributed by atoms with E-state index in [0.29, 0.717) is 31.9 Å². The van der Waals surface area contributed by atoms with Crippen molar-refractivity contribution < 1.29 is 18.0 Å². The van der Waals surface area contributed by atoms with Gasteiger partial charge in [0, 0.05) is 38.4 Å². The molecule has 1 saturated heterocycles. The summed E-state index contributed by atoms with van der Waals surface area (Å²) in [4.78, 5) is 28.2. The Morgan fingerprint density at radius 1 is 1.00 bits per heavy atom. The first-order valence-corrected chi connectivity index (χ1v) is 11.0. The molecule has 1 aromatic rings. The summed E-state index contributed by atoms with van der Waals surface area (Å²) in [6, 6.07) is 5.73. The lowest BCUT2D eigenvalue weighted by Gasteiger charge is -2.33. The Kier molecular flexibility index (Phi) is 8.36. The number of nitrogens with zero attached hydrogens (tertiary/aromatic N) is 2. The summed E-state index contributed by atoms with van der Waals surface area (Å²) < 4.78 is 22.5. The summed E-state index contributed by atoms with van der Waals surface area (Å²) in [5.41, 5.74) is 0.514. The van der Waals surface area contributed by atoms with Crippen LogP contribution in [0, 0.1) is 0 Å². The predicted molar refractivity (Wildman–Crippen MR) is 107 cm³/mol. The van der Waals surface area contributed by atoms with Crippen molar-refractivity contribution in [3.05, 3.63) is 24.3 Å². The maximum atomic E-state index is 12.2. The van der Waals surface area contributed by atoms with E-state index in [4.69, 9.17) is 5.14 Å². The molecule has 1 heterocycles. The van der Waals surface area contributed by atoms with Gasteiger partial charge in [0.25, 0.3) is 0 Å². The van der Waals surface area contributed by atoms with E-state index >= 15 is 0 Å². The number of hydrogen-bond acceptors (Lipinski definition) is 6. The Balaban J connectivity index is 1.71. The molecule has 0 spiro atoms. The van der Waals surface area contributed by atoms with Crippen molar-refractivity contribution in [1.29, 1.82) is 0 Å². The fraction of sp³-hybridized carbons (Fsp3) is 0.556. The van der Waals surface area contributed by atoms with Crippen molar-refractivity contribution in [2.24, 2.45) is 5.14 Å². The van der Waals surface area contributed by atoms with Gasteiger partial charge in [-0.25, -0.2) is 13.6 Å². The van der Waals surface area contributed by atoms with Crippen LogP contribution < -0.4 is 15.8 Å². The molecule has 9 nitrogen and oxygen atoms in total. The molecule has 0 radical (unpaired) electrons. The normalized spacial score (nSPS) is 15.9. The minimum Gasteiger partial charge on any atom is -0.355 e. The Bertz CT molecular complexity index is 759. The first-order chi connectivity index (χ1) is 13.3. The van der Waals surface area contributed by atoms with Gasteiger partial charge in [0.15, 0.2) is 0 Å². The second-order valence-electron chi connectivity index (χ2n) is 6.87. The van der Waals surface area contributed by atoms with Gasteiger partial charge in [-0.2, -0.15) is 0 Å². The van der Waals surface area contributed by atoms with Crippen molar-refractivity contribution >= 4 is 27.5 Å². The number of nitrogens with two attached hydrogens (primary N) is 1. The van der Waals surface area contributed by atoms with E-state index in [1.165, 1.54) is 24.3 Å². The highest BCUT2D eigenvalue weighted by Gasteiger charge is 2.20. The van der Waals surface area contributed by atoms with Gasteiger partial charge in [0.05, 0.1) is 18.0 Å². The van der Waals surface area contributed by atoms with Crippen molar-refractivity contribution in [1.82, 2.24) is 15.1 Å². The topological polar surface area (TPSA) is 125 Å². The molecule has 10 heteroatoms. The highest BCUT2D eigenvalue weighted by molar-refractivity contribution is 7.89. The Labute approximate surface area is 166 Å². The van der Waals surface area contributed by atoms with Crippen LogP contribution in [0.5, 0.6) is 0 Å². The molecule has 28 heavy (non-hydrogen) atoms. The number of carbonyl (C=O) groups excluding carboxylic acids is 2. The third kappa shape index (κ3) is 7.55. The summed E-state index contributed by atoms with van der Waals surface area (Å²) in [6.45, 7) is 6.32. The number of anilines is 1. The predicted octanol–water partition coefficient (Wildman–Crippen LogP) is -0.194. The van der Waals surface area contributed by atoms with E-state index in [-0.39, 0.29) is 23.3 Å². The van der Waals surface area contributed by atoms with Crippen LogP contribution in [0.25, 0.3) is 0 Å². The quantitative estimate of drug-likeness (QED) is 0.484. The molecular formula is C18H29N5O4S. The average Bonchev–Trinajstić information content (AvgIpc) is 2.63. The fourth-order valence-corrected chi connectivity index (χ4v) is 3.42. The lowest BCUT2D eigenvalue weighted by Crippen LogP contribution is -2.51. The van der Waals surface area contributed by atoms with Crippen LogP contribution in [0.4, 0.5) is 5.69 Å². The lowest BCUT2D eigenvalue weighted by atomic mass is 10.3. The minimum atomic E-state index is -3.75. The number of amides is 2. The zero-order valence-corrected chi connectivity index (χ0v) is 17.0. The van der Waals surface area contributed by atoms with Crippen molar-refractivity contribution in [3.63, 3.8) is 0 Å². The summed E-state index contributed by atoms with van der Waals surface area (Å²) in [7, 11) is -3.75. The Hall–Kier alpha value is -2.01. The molecule has 0 aliphatic carbocycles. The summed E-state index contributed by atoms with van der Waals surface area (Å²) >= 11 is 0. The fourth-order valence-electron chi connectivity index (χ4n) is 2.90. The molecule has 2 amide bonds. The molecule has 1 aliphatic rings. The van der Waals surface area contributed by atoms with Crippen LogP contribution in [0.2, 0.25) is 0 Å². The number of sulfonamides is 1. The molecule has 1 aliphatic heterocycles. The molecule has 0 bridgehead atoms. The van der Waals surface area contributed by atoms with Crippen LogP contribution in [-0.4, -0.2) is 75.8 Å². The Morgan fingerprint density at radius 2 is 1.54 bits per heavy atom. The number of primary sulfonamides is 1. The number of unbranched alkanes of at least 4 members (excludes halogenated alkanes) is 1. The van der Waals surface area contributed by atoms with Gasteiger partial charge in [-0.3, -0.25) is 19.4 Å². The first-order valence-electron chi connectivity index (χ1n) is 9.42. The van der Waals surface area contributed by atoms with Gasteiger partial charge in [-0.1, -0.05) is 13.3 Å². The summed E-state index contributed by atoms with van der Waals surface area (Å²) in [6.07, 6.45) is 2.04. The molecule has 0 aromatic heterocycles. The third-order valence-corrected chi connectivity index (χ3v) is 5.45. The third-order valence-electron chi connectivity index (χ3n) is 4.52. The highest BCUT2D eigenvalue weighted by Crippen LogP contribution is 2.13. The number of benzene rings is 1. The van der Waals surface area contributed by atoms with Gasteiger partial charge in [0.2, 0.25) is 21.8 Å². The van der Waals surface area contributed by atoms with Crippen molar-refractivity contribution in [2.45, 2.75) is 24.7 Å². The van der Waals surface area contributed by atoms with E-state index in [9.17, 15) is 18.0 Å². The molecule has 0 atom stereocenters. The molecular weight excluding hydrogens is 382 g/mol. The van der Waals surface area contributed by atoms with Gasteiger partial charge < -0.3 is 10.6 Å². The molecule has 4 N–H and O–H groups in total. The van der Waals surface area contributed by atoms with Crippen molar-refractivity contribution in [3.8, 4) is 0 Å². The largest absolute Gasteiger partial charge is 0.355 e. The number of rotatable bonds is 9. The number of carbonyl (C=O) groups is 2. The molecule has 2 rings (SSSR count). The molecule has 1 fully saturated rings. The first kappa shape index (κ1) is 22.3. The van der Waals surface area contributed by atoms with Crippen LogP contribution in [0.3, 0.4) is 0 Å². The number of nitrogens with one attached hydrogen (secondary N) is 2. The summed E-state index contributed by atoms with van der Waals surface area (Å²) in [5, 5.41) is 10.7. The SMILES string of the molecule is CCCCNC(=O)CN1CCN(CC(=O)Nc2ccc(S(N)(=O)=O)cc2)CC1. The van der Waals surface area contributed by atoms with Gasteiger partial charge in [-0.15, -0.1) is 0 Å². The van der Waals surface area contributed by atoms with Crippen LogP contribution in [0.15, 0.2) is 29.2 Å². The second-order valence-corrected chi connectivity index (χ2v) is 8.43. The average molecular weight is 412 g/mol. The molecule has 0 unspecified atom stereocenters. The van der Waals surface area contributed by atoms with E-state index in [1.54, 1.807) is 0 Å². The molecule has 0 saturated carbocycles. The maximum absolute atomic E-state index is 12.2. The van der Waals surface area contributed by atoms with E-state index in [1.807, 2.05) is 4.90 Å². The standard InChI is InChI=1S/C18H29N5O4S/c1-2-3-8-20-17(24)13-22-9-11-23(12-10-22)14-18(25)21-15-4-6-16(7-5-15)28(19,26)27/h4-7H,2-3,8-14H2,1H3,(H,20,24)(H,21,25)(H2,19,26,27). The second kappa shape index (κ2) is 10.5. The Morgan fingerprint density at radius 3 is 2.04 bits per heavy atom. The van der Waals surface area contributed by atoms with E-state index in [0.717, 1.165) is 25.9 Å². The van der Waals surface area contributed by atoms with Gasteiger partial charge >= 0.3 is 0 Å². The minimum absolute atomic E-state index is 0.000326. The highest BCUT2D eigenvalue weighted by atomic mass is 32.2. The van der Waals surface area contributed by atoms with E-state index < -0.39 is 10.0 Å². The lowest BCUT2D eigenvalue weighted by molar-refractivity contribution is -0.123.